The van der Waals surface area contributed by atoms with Gasteiger partial charge < -0.3 is 4.74 Å². The van der Waals surface area contributed by atoms with Crippen molar-refractivity contribution in [2.75, 3.05) is 17.3 Å². The van der Waals surface area contributed by atoms with Gasteiger partial charge in [0, 0.05) is 22.7 Å². The van der Waals surface area contributed by atoms with Crippen LogP contribution in [0.3, 0.4) is 0 Å². The number of ether oxygens (including phenoxy) is 1. The zero-order valence-corrected chi connectivity index (χ0v) is 15.4. The molecule has 0 spiro atoms. The van der Waals surface area contributed by atoms with Crippen LogP contribution in [0.4, 0.5) is 0 Å². The Hall–Kier alpha value is 0.140. The summed E-state index contributed by atoms with van der Waals surface area (Å²) >= 11 is 7.49. The second-order valence-corrected chi connectivity index (χ2v) is 7.07. The van der Waals surface area contributed by atoms with E-state index in [2.05, 4.69) is 63.0 Å². The van der Waals surface area contributed by atoms with Gasteiger partial charge in [-0.3, -0.25) is 0 Å². The summed E-state index contributed by atoms with van der Waals surface area (Å²) in [5.74, 6) is 0. The van der Waals surface area contributed by atoms with Crippen LogP contribution in [0.25, 0.3) is 0 Å². The second-order valence-electron chi connectivity index (χ2n) is 5.94. The molecular weight excluding hydrogens is 380 g/mol. The van der Waals surface area contributed by atoms with Crippen molar-refractivity contribution in [1.82, 2.24) is 0 Å². The van der Waals surface area contributed by atoms with Gasteiger partial charge in [-0.1, -0.05) is 61.7 Å². The number of rotatable bonds is 7. The molecule has 0 bridgehead atoms. The number of hydrogen-bond acceptors (Lipinski definition) is 1. The predicted octanol–water partition coefficient (Wildman–Crippen LogP) is 5.37. The lowest BCUT2D eigenvalue weighted by molar-refractivity contribution is 0.101. The van der Waals surface area contributed by atoms with Crippen LogP contribution in [0.15, 0.2) is 24.3 Å². The molecule has 112 valence electrons. The average Bonchev–Trinajstić information content (AvgIpc) is 2.97. The Morgan fingerprint density at radius 2 is 2.10 bits per heavy atom. The molecule has 3 heteroatoms. The van der Waals surface area contributed by atoms with Gasteiger partial charge in [-0.15, -0.1) is 0 Å². The smallest absolute Gasteiger partial charge is 0.0576 e. The number of halogens is 2. The molecule has 0 N–H and O–H groups in total. The van der Waals surface area contributed by atoms with E-state index in [4.69, 9.17) is 4.74 Å². The van der Waals surface area contributed by atoms with Crippen molar-refractivity contribution in [3.63, 3.8) is 0 Å². The molecule has 0 amide bonds. The molecule has 0 aliphatic carbocycles. The van der Waals surface area contributed by atoms with Crippen molar-refractivity contribution >= 4 is 31.9 Å². The summed E-state index contributed by atoms with van der Waals surface area (Å²) < 4.78 is 5.74. The Bertz CT molecular complexity index is 409. The van der Waals surface area contributed by atoms with Crippen LogP contribution in [0.5, 0.6) is 0 Å². The molecule has 1 atom stereocenters. The summed E-state index contributed by atoms with van der Waals surface area (Å²) in [4.78, 5) is 0. The van der Waals surface area contributed by atoms with Crippen LogP contribution in [0, 0.1) is 6.92 Å². The molecule has 1 aliphatic rings. The summed E-state index contributed by atoms with van der Waals surface area (Å²) in [7, 11) is 0. The molecule has 1 fully saturated rings. The van der Waals surface area contributed by atoms with Crippen LogP contribution in [0.1, 0.15) is 43.2 Å². The average molecular weight is 404 g/mol. The first kappa shape index (κ1) is 16.5. The van der Waals surface area contributed by atoms with E-state index in [-0.39, 0.29) is 5.41 Å². The van der Waals surface area contributed by atoms with E-state index >= 15 is 0 Å². The molecule has 2 rings (SSSR count). The van der Waals surface area contributed by atoms with Crippen molar-refractivity contribution < 1.29 is 4.74 Å². The lowest BCUT2D eigenvalue weighted by Crippen LogP contribution is -2.30. The van der Waals surface area contributed by atoms with Crippen LogP contribution < -0.4 is 0 Å². The molecule has 1 unspecified atom stereocenters. The van der Waals surface area contributed by atoms with E-state index in [1.165, 1.54) is 43.2 Å². The summed E-state index contributed by atoms with van der Waals surface area (Å²) in [5, 5.41) is 2.00. The van der Waals surface area contributed by atoms with Gasteiger partial charge >= 0.3 is 0 Å². The Labute approximate surface area is 139 Å². The zero-order chi connectivity index (χ0) is 14.4. The number of hydrogen-bond donors (Lipinski definition) is 0. The van der Waals surface area contributed by atoms with Gasteiger partial charge in [0.1, 0.15) is 0 Å². The first-order valence-electron chi connectivity index (χ1n) is 7.51. The largest absolute Gasteiger partial charge is 0.378 e. The van der Waals surface area contributed by atoms with Crippen LogP contribution >= 0.6 is 31.9 Å². The van der Waals surface area contributed by atoms with Gasteiger partial charge in [0.15, 0.2) is 0 Å². The maximum atomic E-state index is 5.74. The summed E-state index contributed by atoms with van der Waals surface area (Å²) in [6, 6.07) is 8.93. The molecule has 20 heavy (non-hydrogen) atoms. The first-order valence-corrected chi connectivity index (χ1v) is 9.75. The Morgan fingerprint density at radius 1 is 1.30 bits per heavy atom. The highest BCUT2D eigenvalue weighted by molar-refractivity contribution is 9.09. The van der Waals surface area contributed by atoms with E-state index < -0.39 is 0 Å². The molecule has 1 heterocycles. The fourth-order valence-electron chi connectivity index (χ4n) is 2.98. The van der Waals surface area contributed by atoms with Gasteiger partial charge in [0.2, 0.25) is 0 Å². The maximum Gasteiger partial charge on any atom is 0.0576 e. The lowest BCUT2D eigenvalue weighted by Gasteiger charge is -2.31. The topological polar surface area (TPSA) is 9.23 Å². The van der Waals surface area contributed by atoms with E-state index in [0.29, 0.717) is 6.10 Å². The van der Waals surface area contributed by atoms with Gasteiger partial charge in [0.25, 0.3) is 0 Å². The molecule has 0 saturated carbocycles. The molecule has 1 aromatic carbocycles. The fourth-order valence-corrected chi connectivity index (χ4v) is 5.12. The zero-order valence-electron chi connectivity index (χ0n) is 12.2. The summed E-state index contributed by atoms with van der Waals surface area (Å²) in [6.07, 6.45) is 6.64. The van der Waals surface area contributed by atoms with Gasteiger partial charge in [-0.05, 0) is 44.6 Å². The molecule has 1 aromatic rings. The van der Waals surface area contributed by atoms with Gasteiger partial charge in [-0.2, -0.15) is 0 Å². The van der Waals surface area contributed by atoms with Crippen molar-refractivity contribution in [3.8, 4) is 0 Å². The van der Waals surface area contributed by atoms with E-state index in [0.717, 1.165) is 17.3 Å². The third-order valence-corrected chi connectivity index (χ3v) is 6.49. The molecule has 1 saturated heterocycles. The van der Waals surface area contributed by atoms with Gasteiger partial charge in [0.05, 0.1) is 6.10 Å². The molecule has 0 radical (unpaired) electrons. The molecule has 1 aliphatic heterocycles. The van der Waals surface area contributed by atoms with Crippen LogP contribution in [-0.4, -0.2) is 23.4 Å². The molecule has 1 nitrogen and oxygen atoms in total. The number of alkyl halides is 2. The lowest BCUT2D eigenvalue weighted by atomic mass is 9.79. The van der Waals surface area contributed by atoms with Crippen molar-refractivity contribution in [2.45, 2.75) is 50.5 Å². The molecular formula is C17H24Br2O. The minimum Gasteiger partial charge on any atom is -0.378 e. The Kier molecular flexibility index (Phi) is 6.57. The minimum absolute atomic E-state index is 0.199. The minimum atomic E-state index is 0.199. The van der Waals surface area contributed by atoms with Crippen molar-refractivity contribution in [3.05, 3.63) is 35.4 Å². The van der Waals surface area contributed by atoms with Crippen molar-refractivity contribution in [1.29, 1.82) is 0 Å². The standard InChI is InChI=1S/C17H24Br2O/c1-14-5-2-6-15(11-14)17(12-18,13-19)9-3-7-16-8-4-10-20-16/h2,5-6,11,16H,3-4,7-10,12-13H2,1H3. The highest BCUT2D eigenvalue weighted by atomic mass is 79.9. The molecule has 0 aromatic heterocycles. The van der Waals surface area contributed by atoms with E-state index in [1.807, 2.05) is 0 Å². The number of benzene rings is 1. The summed E-state index contributed by atoms with van der Waals surface area (Å²) in [5.41, 5.74) is 2.98. The van der Waals surface area contributed by atoms with E-state index in [1.54, 1.807) is 0 Å². The summed E-state index contributed by atoms with van der Waals surface area (Å²) in [6.45, 7) is 3.13. The third-order valence-electron chi connectivity index (χ3n) is 4.35. The Balaban J connectivity index is 2.00. The maximum absolute atomic E-state index is 5.74. The first-order chi connectivity index (χ1) is 9.70. The number of aryl methyl sites for hydroxylation is 1. The van der Waals surface area contributed by atoms with E-state index in [9.17, 15) is 0 Å². The SMILES string of the molecule is Cc1cccc(C(CBr)(CBr)CCCC2CCCO2)c1. The Morgan fingerprint density at radius 3 is 2.70 bits per heavy atom. The fraction of sp³-hybridized carbons (Fsp3) is 0.647. The predicted molar refractivity (Wildman–Crippen MR) is 93.3 cm³/mol. The van der Waals surface area contributed by atoms with Crippen molar-refractivity contribution in [2.24, 2.45) is 0 Å². The van der Waals surface area contributed by atoms with Crippen LogP contribution in [-0.2, 0) is 10.2 Å². The van der Waals surface area contributed by atoms with Crippen LogP contribution in [0.2, 0.25) is 0 Å². The highest BCUT2D eigenvalue weighted by Crippen LogP contribution is 2.35. The third kappa shape index (κ3) is 4.08. The second kappa shape index (κ2) is 7.95. The van der Waals surface area contributed by atoms with Gasteiger partial charge in [-0.25, -0.2) is 0 Å². The quantitative estimate of drug-likeness (QED) is 0.556. The normalized spacial score (nSPS) is 19.4. The monoisotopic (exact) mass is 402 g/mol. The highest BCUT2D eigenvalue weighted by Gasteiger charge is 2.30.